The number of aliphatic hydroxyl groups excluding tert-OH is 3. The first-order valence-corrected chi connectivity index (χ1v) is 8.02. The molecular weight excluding hydrogens is 272 g/mol. The molecule has 0 amide bonds. The first kappa shape index (κ1) is 16.5. The van der Waals surface area contributed by atoms with Gasteiger partial charge in [0.1, 0.15) is 18.0 Å². The topological polar surface area (TPSA) is 87.0 Å². The molecule has 4 atom stereocenters. The number of hydrogen-bond donors (Lipinski definition) is 3. The van der Waals surface area contributed by atoms with Crippen LogP contribution in [0.15, 0.2) is 11.3 Å². The highest BCUT2D eigenvalue weighted by molar-refractivity contribution is 6.00. The molecule has 120 valence electrons. The van der Waals surface area contributed by atoms with Gasteiger partial charge in [-0.15, -0.1) is 0 Å². The Labute approximate surface area is 125 Å². The second kappa shape index (κ2) is 7.38. The number of ether oxygens (including phenoxy) is 1. The number of carbonyl (C=O) groups is 1. The fourth-order valence-corrected chi connectivity index (χ4v) is 3.09. The zero-order valence-electron chi connectivity index (χ0n) is 12.6. The SMILES string of the molecule is CCCCCC[C@H](O)[C@@H]1C[C@@H](O)C2=C(CCC(O)C2=O)O1. The Morgan fingerprint density at radius 1 is 1.24 bits per heavy atom. The Hall–Kier alpha value is -0.910. The van der Waals surface area contributed by atoms with E-state index < -0.39 is 30.2 Å². The van der Waals surface area contributed by atoms with Gasteiger partial charge in [-0.05, 0) is 12.8 Å². The van der Waals surface area contributed by atoms with Crippen LogP contribution < -0.4 is 0 Å². The van der Waals surface area contributed by atoms with Crippen molar-refractivity contribution < 1.29 is 24.9 Å². The predicted octanol–water partition coefficient (Wildman–Crippen LogP) is 1.45. The van der Waals surface area contributed by atoms with Gasteiger partial charge >= 0.3 is 0 Å². The molecule has 0 aromatic heterocycles. The highest BCUT2D eigenvalue weighted by atomic mass is 16.5. The van der Waals surface area contributed by atoms with E-state index in [0.717, 1.165) is 25.7 Å². The molecular formula is C16H26O5. The van der Waals surface area contributed by atoms with Crippen molar-refractivity contribution in [3.05, 3.63) is 11.3 Å². The lowest BCUT2D eigenvalue weighted by Gasteiger charge is -2.36. The van der Waals surface area contributed by atoms with Crippen molar-refractivity contribution in [1.82, 2.24) is 0 Å². The Bertz CT molecular complexity index is 403. The molecule has 2 rings (SSSR count). The third-order valence-electron chi connectivity index (χ3n) is 4.38. The average Bonchev–Trinajstić information content (AvgIpc) is 2.47. The van der Waals surface area contributed by atoms with Gasteiger partial charge in [-0.25, -0.2) is 0 Å². The molecule has 0 aromatic rings. The van der Waals surface area contributed by atoms with Crippen molar-refractivity contribution in [1.29, 1.82) is 0 Å². The van der Waals surface area contributed by atoms with Gasteiger partial charge in [0.15, 0.2) is 5.78 Å². The molecule has 0 spiro atoms. The van der Waals surface area contributed by atoms with Gasteiger partial charge in [-0.2, -0.15) is 0 Å². The summed E-state index contributed by atoms with van der Waals surface area (Å²) in [7, 11) is 0. The number of ketones is 1. The van der Waals surface area contributed by atoms with Crippen LogP contribution in [0.4, 0.5) is 0 Å². The van der Waals surface area contributed by atoms with E-state index in [1.54, 1.807) is 0 Å². The van der Waals surface area contributed by atoms with E-state index in [4.69, 9.17) is 4.74 Å². The fourth-order valence-electron chi connectivity index (χ4n) is 3.09. The average molecular weight is 298 g/mol. The van der Waals surface area contributed by atoms with Crippen molar-refractivity contribution in [2.75, 3.05) is 0 Å². The molecule has 0 aromatic carbocycles. The van der Waals surface area contributed by atoms with Gasteiger partial charge in [0, 0.05) is 12.8 Å². The molecule has 5 heteroatoms. The molecule has 5 nitrogen and oxygen atoms in total. The lowest BCUT2D eigenvalue weighted by atomic mass is 9.85. The molecule has 1 heterocycles. The van der Waals surface area contributed by atoms with E-state index in [9.17, 15) is 20.1 Å². The standard InChI is InChI=1S/C16H26O5/c1-2-3-4-5-6-10(17)14-9-12(19)15-13(21-14)8-7-11(18)16(15)20/h10-12,14,17-19H,2-9H2,1H3/t10-,11?,12+,14-/m0/s1. The normalized spacial score (nSPS) is 30.9. The van der Waals surface area contributed by atoms with E-state index in [1.807, 2.05) is 0 Å². The maximum atomic E-state index is 11.9. The third-order valence-corrected chi connectivity index (χ3v) is 4.38. The number of allylic oxidation sites excluding steroid dienone is 1. The Morgan fingerprint density at radius 3 is 2.71 bits per heavy atom. The molecule has 2 aliphatic rings. The highest BCUT2D eigenvalue weighted by Gasteiger charge is 2.40. The van der Waals surface area contributed by atoms with Gasteiger partial charge < -0.3 is 20.1 Å². The van der Waals surface area contributed by atoms with E-state index >= 15 is 0 Å². The van der Waals surface area contributed by atoms with Crippen molar-refractivity contribution in [3.63, 3.8) is 0 Å². The van der Waals surface area contributed by atoms with Crippen LogP contribution in [0.25, 0.3) is 0 Å². The Kier molecular flexibility index (Phi) is 5.79. The summed E-state index contributed by atoms with van der Waals surface area (Å²) in [5, 5.41) is 29.9. The number of Topliss-reactive ketones (excluding diaryl/α,β-unsaturated/α-hetero) is 1. The van der Waals surface area contributed by atoms with Gasteiger partial charge in [-0.1, -0.05) is 32.6 Å². The summed E-state index contributed by atoms with van der Waals surface area (Å²) in [6.07, 6.45) is 2.92. The Balaban J connectivity index is 1.94. The summed E-state index contributed by atoms with van der Waals surface area (Å²) in [5.41, 5.74) is 0.211. The van der Waals surface area contributed by atoms with Gasteiger partial charge in [0.25, 0.3) is 0 Å². The predicted molar refractivity (Wildman–Crippen MR) is 77.5 cm³/mol. The number of unbranched alkanes of at least 4 members (excludes halogenated alkanes) is 3. The molecule has 0 radical (unpaired) electrons. The van der Waals surface area contributed by atoms with Gasteiger partial charge in [0.2, 0.25) is 0 Å². The smallest absolute Gasteiger partial charge is 0.193 e. The third kappa shape index (κ3) is 3.84. The van der Waals surface area contributed by atoms with Crippen LogP contribution in [0.1, 0.15) is 58.3 Å². The monoisotopic (exact) mass is 298 g/mol. The summed E-state index contributed by atoms with van der Waals surface area (Å²) in [5.74, 6) is 0.0290. The first-order valence-electron chi connectivity index (χ1n) is 8.02. The summed E-state index contributed by atoms with van der Waals surface area (Å²) in [4.78, 5) is 11.9. The summed E-state index contributed by atoms with van der Waals surface area (Å²) in [6.45, 7) is 2.14. The molecule has 1 aliphatic carbocycles. The Morgan fingerprint density at radius 2 is 2.00 bits per heavy atom. The van der Waals surface area contributed by atoms with E-state index in [0.29, 0.717) is 25.0 Å². The number of carbonyl (C=O) groups excluding carboxylic acids is 1. The van der Waals surface area contributed by atoms with Crippen LogP contribution in [0.3, 0.4) is 0 Å². The first-order chi connectivity index (χ1) is 10.0. The minimum atomic E-state index is -1.03. The number of aliphatic hydroxyl groups is 3. The molecule has 21 heavy (non-hydrogen) atoms. The lowest BCUT2D eigenvalue weighted by molar-refractivity contribution is -0.129. The summed E-state index contributed by atoms with van der Waals surface area (Å²) < 4.78 is 5.74. The van der Waals surface area contributed by atoms with Crippen LogP contribution in [0.2, 0.25) is 0 Å². The van der Waals surface area contributed by atoms with E-state index in [-0.39, 0.29) is 12.0 Å². The second-order valence-electron chi connectivity index (χ2n) is 6.08. The second-order valence-corrected chi connectivity index (χ2v) is 6.08. The van der Waals surface area contributed by atoms with Crippen molar-refractivity contribution in [3.8, 4) is 0 Å². The maximum absolute atomic E-state index is 11.9. The summed E-state index contributed by atoms with van der Waals surface area (Å²) >= 11 is 0. The van der Waals surface area contributed by atoms with Gasteiger partial charge in [0.05, 0.1) is 17.8 Å². The van der Waals surface area contributed by atoms with Crippen LogP contribution >= 0.6 is 0 Å². The van der Waals surface area contributed by atoms with E-state index in [2.05, 4.69) is 6.92 Å². The van der Waals surface area contributed by atoms with Gasteiger partial charge in [-0.3, -0.25) is 4.79 Å². The molecule has 1 unspecified atom stereocenters. The van der Waals surface area contributed by atoms with Crippen molar-refractivity contribution >= 4 is 5.78 Å². The molecule has 0 saturated carbocycles. The molecule has 0 fully saturated rings. The minimum absolute atomic E-state index is 0.211. The quantitative estimate of drug-likeness (QED) is 0.646. The minimum Gasteiger partial charge on any atom is -0.491 e. The van der Waals surface area contributed by atoms with Crippen LogP contribution in [-0.2, 0) is 9.53 Å². The van der Waals surface area contributed by atoms with Crippen LogP contribution in [0.5, 0.6) is 0 Å². The van der Waals surface area contributed by atoms with Crippen LogP contribution in [-0.4, -0.2) is 45.5 Å². The van der Waals surface area contributed by atoms with Crippen molar-refractivity contribution in [2.24, 2.45) is 0 Å². The number of hydrogen-bond acceptors (Lipinski definition) is 5. The molecule has 3 N–H and O–H groups in total. The summed E-state index contributed by atoms with van der Waals surface area (Å²) in [6, 6.07) is 0. The maximum Gasteiger partial charge on any atom is 0.193 e. The lowest BCUT2D eigenvalue weighted by Crippen LogP contribution is -2.43. The van der Waals surface area contributed by atoms with E-state index in [1.165, 1.54) is 0 Å². The zero-order chi connectivity index (χ0) is 15.4. The molecule has 0 bridgehead atoms. The highest BCUT2D eigenvalue weighted by Crippen LogP contribution is 2.34. The fraction of sp³-hybridized carbons (Fsp3) is 0.812. The van der Waals surface area contributed by atoms with Crippen LogP contribution in [0, 0.1) is 0 Å². The van der Waals surface area contributed by atoms with Crippen molar-refractivity contribution in [2.45, 2.75) is 82.7 Å². The largest absolute Gasteiger partial charge is 0.491 e. The molecule has 1 aliphatic heterocycles. The zero-order valence-corrected chi connectivity index (χ0v) is 12.6. The molecule has 0 saturated heterocycles. The number of rotatable bonds is 6.